The molecule has 1 saturated heterocycles. The Bertz CT molecular complexity index is 649. The Balaban J connectivity index is 2.15. The Morgan fingerprint density at radius 2 is 1.70 bits per heavy atom. The summed E-state index contributed by atoms with van der Waals surface area (Å²) in [6.07, 6.45) is -0.833. The van der Waals surface area contributed by atoms with E-state index in [-0.39, 0.29) is 6.61 Å². The monoisotopic (exact) mass is 338 g/mol. The summed E-state index contributed by atoms with van der Waals surface area (Å²) in [5.41, 5.74) is -0.0166. The van der Waals surface area contributed by atoms with Crippen molar-refractivity contribution in [3.05, 3.63) is 24.3 Å². The fraction of sp³-hybridized carbons (Fsp3) is 0.533. The summed E-state index contributed by atoms with van der Waals surface area (Å²) in [5, 5.41) is 0. The minimum Gasteiger partial charge on any atom is -0.450 e. The van der Waals surface area contributed by atoms with Crippen molar-refractivity contribution in [2.75, 3.05) is 6.61 Å². The molecule has 1 aliphatic rings. The molecule has 1 aliphatic heterocycles. The Labute approximate surface area is 138 Å². The van der Waals surface area contributed by atoms with Gasteiger partial charge in [-0.05, 0) is 40.1 Å². The van der Waals surface area contributed by atoms with Gasteiger partial charge in [-0.1, -0.05) is 29.2 Å². The van der Waals surface area contributed by atoms with Crippen LogP contribution in [-0.4, -0.2) is 31.0 Å². The average Bonchev–Trinajstić information content (AvgIpc) is 2.68. The van der Waals surface area contributed by atoms with E-state index in [2.05, 4.69) is 9.10 Å². The van der Waals surface area contributed by atoms with E-state index in [1.165, 1.54) is 0 Å². The maximum Gasteiger partial charge on any atom is 0.494 e. The van der Waals surface area contributed by atoms with Gasteiger partial charge in [0.2, 0.25) is 0 Å². The zero-order valence-corrected chi connectivity index (χ0v) is 14.8. The van der Waals surface area contributed by atoms with Gasteiger partial charge >= 0.3 is 13.2 Å². The van der Waals surface area contributed by atoms with Crippen molar-refractivity contribution in [1.29, 1.82) is 0 Å². The smallest absolute Gasteiger partial charge is 0.450 e. The molecule has 23 heavy (non-hydrogen) atoms. The van der Waals surface area contributed by atoms with Crippen LogP contribution < -0.4 is 5.46 Å². The van der Waals surface area contributed by atoms with Crippen molar-refractivity contribution in [3.8, 4) is 0 Å². The number of nitrogens with zero attached hydrogens (tertiary/aromatic N) is 1. The molecule has 0 saturated carbocycles. The summed E-state index contributed by atoms with van der Waals surface area (Å²) >= 11 is 0. The largest absolute Gasteiger partial charge is 0.494 e. The summed E-state index contributed by atoms with van der Waals surface area (Å²) in [6.45, 7) is 9.78. The summed E-state index contributed by atoms with van der Waals surface area (Å²) in [5.74, 6) is 0. The fourth-order valence-electron chi connectivity index (χ4n) is 1.99. The summed E-state index contributed by atoms with van der Waals surface area (Å²) in [7, 11) is -2.27. The van der Waals surface area contributed by atoms with E-state index < -0.39 is 35.0 Å². The van der Waals surface area contributed by atoms with Gasteiger partial charge in [-0.3, -0.25) is 4.36 Å². The highest BCUT2D eigenvalue weighted by Gasteiger charge is 2.51. The normalized spacial score (nSPS) is 20.5. The molecule has 1 aromatic rings. The van der Waals surface area contributed by atoms with Gasteiger partial charge in [0.05, 0.1) is 17.8 Å². The van der Waals surface area contributed by atoms with Crippen LogP contribution in [0, 0.1) is 0 Å². The molecule has 0 aliphatic carbocycles. The molecule has 8 heteroatoms. The molecule has 0 atom stereocenters. The van der Waals surface area contributed by atoms with E-state index in [4.69, 9.17) is 9.31 Å². The molecule has 1 amide bonds. The number of amides is 1. The van der Waals surface area contributed by atoms with Gasteiger partial charge in [0.1, 0.15) is 0 Å². The average molecular weight is 338 g/mol. The lowest BCUT2D eigenvalue weighted by Gasteiger charge is -2.32. The van der Waals surface area contributed by atoms with Gasteiger partial charge in [-0.15, -0.1) is 10.6 Å². The Hall–Kier alpha value is -1.38. The molecule has 0 bridgehead atoms. The Kier molecular flexibility index (Phi) is 5.18. The molecular formula is C15H21BNO5S-. The second-order valence-corrected chi connectivity index (χ2v) is 7.35. The van der Waals surface area contributed by atoms with Crippen molar-refractivity contribution in [3.63, 3.8) is 0 Å². The van der Waals surface area contributed by atoms with E-state index in [1.807, 2.05) is 27.7 Å². The zero-order chi connectivity index (χ0) is 17.3. The van der Waals surface area contributed by atoms with E-state index in [1.54, 1.807) is 31.2 Å². The first-order valence-electron chi connectivity index (χ1n) is 7.42. The predicted molar refractivity (Wildman–Crippen MR) is 87.9 cm³/mol. The molecule has 0 spiro atoms. The molecule has 0 unspecified atom stereocenters. The van der Waals surface area contributed by atoms with Crippen LogP contribution in [0.3, 0.4) is 0 Å². The van der Waals surface area contributed by atoms with Crippen molar-refractivity contribution in [2.24, 2.45) is 4.36 Å². The van der Waals surface area contributed by atoms with Crippen LogP contribution in [0.2, 0.25) is 0 Å². The summed E-state index contributed by atoms with van der Waals surface area (Å²) in [6, 6.07) is 6.80. The van der Waals surface area contributed by atoms with E-state index in [9.17, 15) is 9.00 Å². The second-order valence-electron chi connectivity index (χ2n) is 6.20. The molecule has 1 fully saturated rings. The molecule has 1 heterocycles. The van der Waals surface area contributed by atoms with Crippen LogP contribution >= 0.6 is 0 Å². The van der Waals surface area contributed by atoms with Gasteiger partial charge in [0.15, 0.2) is 0 Å². The number of ether oxygens (including phenoxy) is 1. The molecule has 126 valence electrons. The predicted octanol–water partition coefficient (Wildman–Crippen LogP) is 2.65. The van der Waals surface area contributed by atoms with Gasteiger partial charge in [-0.2, -0.15) is 0 Å². The molecule has 0 N–H and O–H groups in total. The second kappa shape index (κ2) is 6.63. The highest BCUT2D eigenvalue weighted by Crippen LogP contribution is 2.36. The third kappa shape index (κ3) is 3.94. The quantitative estimate of drug-likeness (QED) is 0.626. The third-order valence-corrected chi connectivity index (χ3v) is 5.02. The fourth-order valence-corrected chi connectivity index (χ4v) is 2.65. The minimum atomic E-state index is -1.79. The van der Waals surface area contributed by atoms with Crippen molar-refractivity contribution in [2.45, 2.75) is 50.7 Å². The number of hydrogen-bond donors (Lipinski definition) is 0. The highest BCUT2D eigenvalue weighted by molar-refractivity contribution is 7.75. The molecule has 2 rings (SSSR count). The van der Waals surface area contributed by atoms with Crippen LogP contribution in [0.25, 0.3) is 0 Å². The Morgan fingerprint density at radius 3 is 2.17 bits per heavy atom. The topological polar surface area (TPSA) is 74.2 Å². The summed E-state index contributed by atoms with van der Waals surface area (Å²) < 4.78 is 32.0. The first-order chi connectivity index (χ1) is 10.7. The van der Waals surface area contributed by atoms with Gasteiger partial charge in [0.25, 0.3) is 0 Å². The van der Waals surface area contributed by atoms with E-state index in [0.717, 1.165) is 5.46 Å². The van der Waals surface area contributed by atoms with Crippen LogP contribution in [0.5, 0.6) is 0 Å². The number of rotatable bonds is 3. The number of carbonyl (C=O) groups is 1. The minimum absolute atomic E-state index is 0.195. The maximum atomic E-state index is 11.9. The first-order valence-corrected chi connectivity index (χ1v) is 8.53. The SMILES string of the molecule is CCOC(=O)N=[S-](=O)c1ccc(B2OC(C)(C)C(C)(C)O2)cc1. The van der Waals surface area contributed by atoms with Gasteiger partial charge < -0.3 is 18.3 Å². The van der Waals surface area contributed by atoms with Crippen LogP contribution in [0.1, 0.15) is 34.6 Å². The first kappa shape index (κ1) is 18.0. The van der Waals surface area contributed by atoms with Crippen LogP contribution in [0.4, 0.5) is 4.79 Å². The van der Waals surface area contributed by atoms with Crippen molar-refractivity contribution < 1.29 is 23.0 Å². The number of hydrogen-bond acceptors (Lipinski definition) is 6. The molecular weight excluding hydrogens is 317 g/mol. The van der Waals surface area contributed by atoms with Crippen LogP contribution in [0.15, 0.2) is 33.5 Å². The molecule has 1 aromatic carbocycles. The number of benzene rings is 1. The number of carbonyl (C=O) groups excluding carboxylic acids is 1. The highest BCUT2D eigenvalue weighted by atomic mass is 32.2. The van der Waals surface area contributed by atoms with E-state index >= 15 is 0 Å². The third-order valence-electron chi connectivity index (χ3n) is 4.03. The Morgan fingerprint density at radius 1 is 1.17 bits per heavy atom. The van der Waals surface area contributed by atoms with Gasteiger partial charge in [-0.25, -0.2) is 4.79 Å². The standard InChI is InChI=1S/C15H21BNO5S/c1-6-20-13(18)17-23(19)12-9-7-11(8-10-12)16-21-14(2,3)15(4,5)22-16/h7-10H,6H2,1-5H3/q-1. The van der Waals surface area contributed by atoms with Crippen LogP contribution in [-0.2, 0) is 28.9 Å². The lowest BCUT2D eigenvalue weighted by molar-refractivity contribution is 0.00578. The zero-order valence-electron chi connectivity index (χ0n) is 14.0. The lowest BCUT2D eigenvalue weighted by atomic mass is 9.79. The van der Waals surface area contributed by atoms with Crippen molar-refractivity contribution in [1.82, 2.24) is 0 Å². The van der Waals surface area contributed by atoms with Crippen molar-refractivity contribution >= 4 is 29.3 Å². The lowest BCUT2D eigenvalue weighted by Crippen LogP contribution is -2.41. The van der Waals surface area contributed by atoms with Gasteiger partial charge in [0, 0.05) is 0 Å². The molecule has 0 radical (unpaired) electrons. The summed E-state index contributed by atoms with van der Waals surface area (Å²) in [4.78, 5) is 11.6. The maximum absolute atomic E-state index is 11.9. The van der Waals surface area contributed by atoms with E-state index in [0.29, 0.717) is 4.90 Å². The molecule has 0 aromatic heterocycles. The molecule has 6 nitrogen and oxygen atoms in total.